The quantitative estimate of drug-likeness (QED) is 0.347. The van der Waals surface area contributed by atoms with Gasteiger partial charge >= 0.3 is 0 Å². The van der Waals surface area contributed by atoms with Crippen LogP contribution in [0.3, 0.4) is 0 Å². The van der Waals surface area contributed by atoms with Crippen LogP contribution in [-0.2, 0) is 4.79 Å². The molecule has 188 valence electrons. The van der Waals surface area contributed by atoms with E-state index >= 15 is 0 Å². The van der Waals surface area contributed by atoms with E-state index in [4.69, 9.17) is 14.5 Å². The molecule has 7 heteroatoms. The molecule has 2 aromatic heterocycles. The number of ether oxygens (including phenoxy) is 2. The summed E-state index contributed by atoms with van der Waals surface area (Å²) in [6.45, 7) is 3.39. The standard InChI is InChI=1S/C30H30N4O3/c1-21-8-3-4-10-24(21)25-19-32-30(23-9-7-15-31-18-23)33-29(25)22-13-16-34(17-14-22)28(35)20-37-27-12-6-5-11-26(27)36-2/h3-12,15,18-19,22H,13-14,16-17,20H2,1-2H3. The van der Waals surface area contributed by atoms with Crippen LogP contribution in [0, 0.1) is 6.92 Å². The van der Waals surface area contributed by atoms with E-state index < -0.39 is 0 Å². The van der Waals surface area contributed by atoms with E-state index in [2.05, 4.69) is 29.0 Å². The van der Waals surface area contributed by atoms with Crippen LogP contribution >= 0.6 is 0 Å². The van der Waals surface area contributed by atoms with Gasteiger partial charge in [0.25, 0.3) is 5.91 Å². The number of likely N-dealkylation sites (tertiary alicyclic amines) is 1. The van der Waals surface area contributed by atoms with Crippen molar-refractivity contribution in [3.05, 3.63) is 90.5 Å². The Bertz CT molecular complexity index is 1370. The van der Waals surface area contributed by atoms with E-state index in [1.807, 2.05) is 53.6 Å². The summed E-state index contributed by atoms with van der Waals surface area (Å²) in [6, 6.07) is 19.5. The molecule has 0 saturated carbocycles. The molecule has 37 heavy (non-hydrogen) atoms. The lowest BCUT2D eigenvalue weighted by atomic mass is 9.87. The highest BCUT2D eigenvalue weighted by molar-refractivity contribution is 5.78. The minimum atomic E-state index is -0.0257. The van der Waals surface area contributed by atoms with Gasteiger partial charge in [-0.25, -0.2) is 9.97 Å². The molecule has 1 fully saturated rings. The monoisotopic (exact) mass is 494 g/mol. The molecule has 5 rings (SSSR count). The van der Waals surface area contributed by atoms with Gasteiger partial charge in [-0.2, -0.15) is 0 Å². The summed E-state index contributed by atoms with van der Waals surface area (Å²) >= 11 is 0. The van der Waals surface area contributed by atoms with E-state index in [1.165, 1.54) is 5.56 Å². The van der Waals surface area contributed by atoms with E-state index in [0.717, 1.165) is 35.2 Å². The van der Waals surface area contributed by atoms with Crippen molar-refractivity contribution >= 4 is 5.91 Å². The molecular weight excluding hydrogens is 464 g/mol. The molecule has 2 aromatic carbocycles. The van der Waals surface area contributed by atoms with Gasteiger partial charge in [0.15, 0.2) is 23.9 Å². The summed E-state index contributed by atoms with van der Waals surface area (Å²) in [5, 5.41) is 0. The van der Waals surface area contributed by atoms with E-state index in [1.54, 1.807) is 25.6 Å². The summed E-state index contributed by atoms with van der Waals surface area (Å²) in [5.74, 6) is 2.05. The van der Waals surface area contributed by atoms with Crippen molar-refractivity contribution in [1.82, 2.24) is 19.9 Å². The molecule has 3 heterocycles. The highest BCUT2D eigenvalue weighted by Gasteiger charge is 2.28. The molecular formula is C30H30N4O3. The van der Waals surface area contributed by atoms with Crippen LogP contribution in [0.2, 0.25) is 0 Å². The van der Waals surface area contributed by atoms with Gasteiger partial charge in [-0.3, -0.25) is 9.78 Å². The molecule has 1 saturated heterocycles. The number of aromatic nitrogens is 3. The topological polar surface area (TPSA) is 77.4 Å². The molecule has 0 unspecified atom stereocenters. The number of hydrogen-bond donors (Lipinski definition) is 0. The van der Waals surface area contributed by atoms with Crippen LogP contribution < -0.4 is 9.47 Å². The Labute approximate surface area is 217 Å². The Balaban J connectivity index is 1.34. The number of piperidine rings is 1. The summed E-state index contributed by atoms with van der Waals surface area (Å²) in [4.78, 5) is 28.8. The van der Waals surface area contributed by atoms with Crippen molar-refractivity contribution in [2.45, 2.75) is 25.7 Å². The molecule has 1 amide bonds. The van der Waals surface area contributed by atoms with Gasteiger partial charge in [-0.1, -0.05) is 36.4 Å². The molecule has 1 aliphatic rings. The normalized spacial score (nSPS) is 13.8. The minimum absolute atomic E-state index is 0.0157. The van der Waals surface area contributed by atoms with E-state index in [0.29, 0.717) is 30.4 Å². The number of benzene rings is 2. The molecule has 0 bridgehead atoms. The lowest BCUT2D eigenvalue weighted by Crippen LogP contribution is -2.40. The highest BCUT2D eigenvalue weighted by Crippen LogP contribution is 2.36. The molecule has 0 atom stereocenters. The lowest BCUT2D eigenvalue weighted by Gasteiger charge is -2.32. The Hall–Kier alpha value is -4.26. The van der Waals surface area contributed by atoms with Gasteiger partial charge in [0.05, 0.1) is 12.8 Å². The predicted octanol–water partition coefficient (Wildman–Crippen LogP) is 5.31. The molecule has 0 N–H and O–H groups in total. The molecule has 7 nitrogen and oxygen atoms in total. The van der Waals surface area contributed by atoms with Crippen LogP contribution in [-0.4, -0.2) is 52.6 Å². The molecule has 0 spiro atoms. The number of para-hydroxylation sites is 2. The third-order valence-electron chi connectivity index (χ3n) is 6.83. The number of nitrogens with zero attached hydrogens (tertiary/aromatic N) is 4. The fraction of sp³-hybridized carbons (Fsp3) is 0.267. The van der Waals surface area contributed by atoms with Gasteiger partial charge in [0.2, 0.25) is 0 Å². The number of aryl methyl sites for hydroxylation is 1. The zero-order valence-electron chi connectivity index (χ0n) is 21.1. The molecule has 0 radical (unpaired) electrons. The molecule has 0 aliphatic carbocycles. The number of carbonyl (C=O) groups excluding carboxylic acids is 1. The van der Waals surface area contributed by atoms with Crippen molar-refractivity contribution in [3.63, 3.8) is 0 Å². The van der Waals surface area contributed by atoms with Crippen LogP contribution in [0.25, 0.3) is 22.5 Å². The molecule has 4 aromatic rings. The number of amides is 1. The first-order chi connectivity index (χ1) is 18.1. The van der Waals surface area contributed by atoms with Crippen molar-refractivity contribution in [2.24, 2.45) is 0 Å². The maximum atomic E-state index is 12.9. The zero-order chi connectivity index (χ0) is 25.6. The maximum absolute atomic E-state index is 12.9. The largest absolute Gasteiger partial charge is 0.493 e. The van der Waals surface area contributed by atoms with Gasteiger partial charge in [0.1, 0.15) is 0 Å². The number of carbonyl (C=O) groups is 1. The fourth-order valence-corrected chi connectivity index (χ4v) is 4.79. The SMILES string of the molecule is COc1ccccc1OCC(=O)N1CCC(c2nc(-c3cccnc3)ncc2-c2ccccc2C)CC1. The second-order valence-electron chi connectivity index (χ2n) is 9.14. The van der Waals surface area contributed by atoms with Gasteiger partial charge in [-0.05, 0) is 55.2 Å². The smallest absolute Gasteiger partial charge is 0.260 e. The Kier molecular flexibility index (Phi) is 7.40. The first kappa shape index (κ1) is 24.4. The first-order valence-electron chi connectivity index (χ1n) is 12.5. The summed E-state index contributed by atoms with van der Waals surface area (Å²) in [6.07, 6.45) is 7.11. The van der Waals surface area contributed by atoms with Crippen molar-refractivity contribution < 1.29 is 14.3 Å². The number of methoxy groups -OCH3 is 1. The van der Waals surface area contributed by atoms with Gasteiger partial charge < -0.3 is 14.4 Å². The van der Waals surface area contributed by atoms with Gasteiger partial charge in [-0.15, -0.1) is 0 Å². The van der Waals surface area contributed by atoms with E-state index in [-0.39, 0.29) is 18.4 Å². The maximum Gasteiger partial charge on any atom is 0.260 e. The van der Waals surface area contributed by atoms with Crippen LogP contribution in [0.5, 0.6) is 11.5 Å². The van der Waals surface area contributed by atoms with Crippen molar-refractivity contribution in [2.75, 3.05) is 26.8 Å². The first-order valence-corrected chi connectivity index (χ1v) is 12.5. The van der Waals surface area contributed by atoms with Gasteiger partial charge in [0, 0.05) is 48.7 Å². The zero-order valence-corrected chi connectivity index (χ0v) is 21.1. The van der Waals surface area contributed by atoms with Crippen molar-refractivity contribution in [1.29, 1.82) is 0 Å². The number of rotatable bonds is 7. The Morgan fingerprint density at radius 2 is 1.70 bits per heavy atom. The van der Waals surface area contributed by atoms with Crippen LogP contribution in [0.15, 0.2) is 79.3 Å². The second kappa shape index (κ2) is 11.2. The van der Waals surface area contributed by atoms with Crippen LogP contribution in [0.1, 0.15) is 30.0 Å². The second-order valence-corrected chi connectivity index (χ2v) is 9.14. The predicted molar refractivity (Wildman–Crippen MR) is 142 cm³/mol. The third kappa shape index (κ3) is 5.45. The van der Waals surface area contributed by atoms with Crippen molar-refractivity contribution in [3.8, 4) is 34.0 Å². The average Bonchev–Trinajstić information content (AvgIpc) is 2.96. The van der Waals surface area contributed by atoms with E-state index in [9.17, 15) is 4.79 Å². The Morgan fingerprint density at radius 1 is 0.946 bits per heavy atom. The summed E-state index contributed by atoms with van der Waals surface area (Å²) < 4.78 is 11.1. The summed E-state index contributed by atoms with van der Waals surface area (Å²) in [7, 11) is 1.59. The fourth-order valence-electron chi connectivity index (χ4n) is 4.79. The van der Waals surface area contributed by atoms with Crippen LogP contribution in [0.4, 0.5) is 0 Å². The molecule has 1 aliphatic heterocycles. The third-order valence-corrected chi connectivity index (χ3v) is 6.83. The average molecular weight is 495 g/mol. The summed E-state index contributed by atoms with van der Waals surface area (Å²) in [5.41, 5.74) is 5.29. The number of hydrogen-bond acceptors (Lipinski definition) is 6. The lowest BCUT2D eigenvalue weighted by molar-refractivity contribution is -0.134. The number of pyridine rings is 1. The minimum Gasteiger partial charge on any atom is -0.493 e. The Morgan fingerprint density at radius 3 is 2.43 bits per heavy atom. The highest BCUT2D eigenvalue weighted by atomic mass is 16.5.